The number of carboxylic acid groups (broad SMARTS) is 1. The Labute approximate surface area is 159 Å². The SMILES string of the molecule is COCO[C@H]1CCN(C[C@@H](Nc2ccc(C(=O)O)cc2)c2ccccc2)C1. The van der Waals surface area contributed by atoms with Gasteiger partial charge >= 0.3 is 5.97 Å². The van der Waals surface area contributed by atoms with E-state index < -0.39 is 5.97 Å². The van der Waals surface area contributed by atoms with Gasteiger partial charge in [-0.15, -0.1) is 0 Å². The molecule has 2 aromatic carbocycles. The second kappa shape index (κ2) is 9.50. The number of aromatic carboxylic acids is 1. The van der Waals surface area contributed by atoms with Crippen molar-refractivity contribution in [2.24, 2.45) is 0 Å². The van der Waals surface area contributed by atoms with Crippen LogP contribution in [0, 0.1) is 0 Å². The third kappa shape index (κ3) is 5.53. The molecule has 2 atom stereocenters. The first-order valence-electron chi connectivity index (χ1n) is 9.13. The molecule has 6 heteroatoms. The van der Waals surface area contributed by atoms with E-state index in [4.69, 9.17) is 14.6 Å². The molecule has 1 aliphatic rings. The topological polar surface area (TPSA) is 71.0 Å². The molecule has 3 rings (SSSR count). The monoisotopic (exact) mass is 370 g/mol. The van der Waals surface area contributed by atoms with Crippen molar-refractivity contribution < 1.29 is 19.4 Å². The van der Waals surface area contributed by atoms with Crippen LogP contribution in [0.4, 0.5) is 5.69 Å². The molecule has 0 bridgehead atoms. The maximum absolute atomic E-state index is 11.0. The molecule has 1 aliphatic heterocycles. The van der Waals surface area contributed by atoms with Gasteiger partial charge in [-0.1, -0.05) is 30.3 Å². The zero-order chi connectivity index (χ0) is 19.1. The third-order valence-electron chi connectivity index (χ3n) is 4.77. The van der Waals surface area contributed by atoms with Gasteiger partial charge in [0.15, 0.2) is 0 Å². The van der Waals surface area contributed by atoms with Crippen molar-refractivity contribution in [2.75, 3.05) is 38.9 Å². The summed E-state index contributed by atoms with van der Waals surface area (Å²) in [5.41, 5.74) is 2.38. The lowest BCUT2D eigenvalue weighted by Gasteiger charge is -2.26. The number of benzene rings is 2. The molecule has 0 amide bonds. The second-order valence-corrected chi connectivity index (χ2v) is 6.73. The fourth-order valence-electron chi connectivity index (χ4n) is 3.35. The standard InChI is InChI=1S/C21H26N2O4/c1-26-15-27-19-11-12-23(13-19)14-20(16-5-3-2-4-6-16)22-18-9-7-17(8-10-18)21(24)25/h2-10,19-20,22H,11-15H2,1H3,(H,24,25)/t19-,20+/m0/s1. The van der Waals surface area contributed by atoms with Crippen molar-refractivity contribution >= 4 is 11.7 Å². The molecule has 144 valence electrons. The Morgan fingerprint density at radius 3 is 2.63 bits per heavy atom. The minimum absolute atomic E-state index is 0.100. The average Bonchev–Trinajstić information content (AvgIpc) is 3.14. The number of nitrogens with zero attached hydrogens (tertiary/aromatic N) is 1. The molecular weight excluding hydrogens is 344 g/mol. The highest BCUT2D eigenvalue weighted by atomic mass is 16.7. The molecule has 2 N–H and O–H groups in total. The fraction of sp³-hybridized carbons (Fsp3) is 0.381. The van der Waals surface area contributed by atoms with Gasteiger partial charge in [0.25, 0.3) is 0 Å². The quantitative estimate of drug-likeness (QED) is 0.661. The van der Waals surface area contributed by atoms with Crippen molar-refractivity contribution in [1.82, 2.24) is 4.90 Å². The van der Waals surface area contributed by atoms with Gasteiger partial charge in [0.1, 0.15) is 6.79 Å². The van der Waals surface area contributed by atoms with Crippen LogP contribution in [0.1, 0.15) is 28.4 Å². The van der Waals surface area contributed by atoms with Crippen molar-refractivity contribution in [2.45, 2.75) is 18.6 Å². The average molecular weight is 370 g/mol. The maximum Gasteiger partial charge on any atom is 0.335 e. The van der Waals surface area contributed by atoms with Crippen LogP contribution in [-0.4, -0.2) is 55.6 Å². The highest BCUT2D eigenvalue weighted by Crippen LogP contribution is 2.23. The Kier molecular flexibility index (Phi) is 6.81. The first kappa shape index (κ1) is 19.4. The third-order valence-corrected chi connectivity index (χ3v) is 4.77. The summed E-state index contributed by atoms with van der Waals surface area (Å²) in [4.78, 5) is 13.4. The van der Waals surface area contributed by atoms with Gasteiger partial charge in [-0.3, -0.25) is 4.90 Å². The van der Waals surface area contributed by atoms with Crippen LogP contribution in [0.5, 0.6) is 0 Å². The number of carboxylic acids is 1. The summed E-state index contributed by atoms with van der Waals surface area (Å²) in [7, 11) is 1.64. The van der Waals surface area contributed by atoms with E-state index in [0.717, 1.165) is 31.7 Å². The molecule has 1 fully saturated rings. The van der Waals surface area contributed by atoms with E-state index in [0.29, 0.717) is 6.79 Å². The Hall–Kier alpha value is -2.41. The van der Waals surface area contributed by atoms with E-state index in [9.17, 15) is 4.79 Å². The van der Waals surface area contributed by atoms with Crippen molar-refractivity contribution in [3.8, 4) is 0 Å². The molecule has 1 heterocycles. The number of hydrogen-bond acceptors (Lipinski definition) is 5. The lowest BCUT2D eigenvalue weighted by molar-refractivity contribution is -0.0671. The zero-order valence-corrected chi connectivity index (χ0v) is 15.5. The van der Waals surface area contributed by atoms with Gasteiger partial charge in [-0.05, 0) is 36.2 Å². The summed E-state index contributed by atoms with van der Waals surface area (Å²) in [5, 5.41) is 12.6. The first-order chi connectivity index (χ1) is 13.2. The molecule has 0 unspecified atom stereocenters. The fourth-order valence-corrected chi connectivity index (χ4v) is 3.35. The Morgan fingerprint density at radius 2 is 1.96 bits per heavy atom. The number of nitrogens with one attached hydrogen (secondary N) is 1. The van der Waals surface area contributed by atoms with Crippen LogP contribution in [0.3, 0.4) is 0 Å². The van der Waals surface area contributed by atoms with Crippen LogP contribution in [0.25, 0.3) is 0 Å². The zero-order valence-electron chi connectivity index (χ0n) is 15.5. The molecule has 1 saturated heterocycles. The van der Waals surface area contributed by atoms with Crippen molar-refractivity contribution in [3.63, 3.8) is 0 Å². The summed E-state index contributed by atoms with van der Waals surface area (Å²) < 4.78 is 10.7. The minimum atomic E-state index is -0.916. The van der Waals surface area contributed by atoms with Gasteiger partial charge in [0.2, 0.25) is 0 Å². The number of ether oxygens (including phenoxy) is 2. The van der Waals surface area contributed by atoms with Gasteiger partial charge in [0, 0.05) is 32.4 Å². The van der Waals surface area contributed by atoms with Gasteiger partial charge < -0.3 is 19.9 Å². The Bertz CT molecular complexity index is 721. The largest absolute Gasteiger partial charge is 0.478 e. The smallest absolute Gasteiger partial charge is 0.335 e. The van der Waals surface area contributed by atoms with E-state index in [-0.39, 0.29) is 17.7 Å². The Balaban J connectivity index is 1.68. The summed E-state index contributed by atoms with van der Waals surface area (Å²) in [6.45, 7) is 3.04. The number of likely N-dealkylation sites (tertiary alicyclic amines) is 1. The highest BCUT2D eigenvalue weighted by Gasteiger charge is 2.26. The molecule has 6 nitrogen and oxygen atoms in total. The number of methoxy groups -OCH3 is 1. The molecule has 0 aliphatic carbocycles. The second-order valence-electron chi connectivity index (χ2n) is 6.73. The molecule has 0 aromatic heterocycles. The number of rotatable bonds is 9. The van der Waals surface area contributed by atoms with Gasteiger partial charge in [-0.2, -0.15) is 0 Å². The molecule has 0 radical (unpaired) electrons. The van der Waals surface area contributed by atoms with E-state index in [1.165, 1.54) is 5.56 Å². The molecule has 2 aromatic rings. The van der Waals surface area contributed by atoms with Crippen LogP contribution in [0.15, 0.2) is 54.6 Å². The summed E-state index contributed by atoms with van der Waals surface area (Å²) in [6.07, 6.45) is 1.20. The van der Waals surface area contributed by atoms with Gasteiger partial charge in [-0.25, -0.2) is 4.79 Å². The van der Waals surface area contributed by atoms with Crippen LogP contribution >= 0.6 is 0 Å². The summed E-state index contributed by atoms with van der Waals surface area (Å²) in [5.74, 6) is -0.916. The van der Waals surface area contributed by atoms with Crippen molar-refractivity contribution in [3.05, 3.63) is 65.7 Å². The molecular formula is C21H26N2O4. The maximum atomic E-state index is 11.0. The lowest BCUT2D eigenvalue weighted by atomic mass is 10.1. The lowest BCUT2D eigenvalue weighted by Crippen LogP contribution is -2.31. The summed E-state index contributed by atoms with van der Waals surface area (Å²) in [6, 6.07) is 17.3. The van der Waals surface area contributed by atoms with Crippen molar-refractivity contribution in [1.29, 1.82) is 0 Å². The van der Waals surface area contributed by atoms with Crippen LogP contribution in [0.2, 0.25) is 0 Å². The van der Waals surface area contributed by atoms with Gasteiger partial charge in [0.05, 0.1) is 17.7 Å². The first-order valence-corrected chi connectivity index (χ1v) is 9.13. The summed E-state index contributed by atoms with van der Waals surface area (Å²) >= 11 is 0. The van der Waals surface area contributed by atoms with Crippen LogP contribution in [-0.2, 0) is 9.47 Å². The predicted molar refractivity (Wildman–Crippen MR) is 104 cm³/mol. The van der Waals surface area contributed by atoms with E-state index in [1.807, 2.05) is 30.3 Å². The number of hydrogen-bond donors (Lipinski definition) is 2. The van der Waals surface area contributed by atoms with Crippen LogP contribution < -0.4 is 5.32 Å². The number of carbonyl (C=O) groups is 1. The van der Waals surface area contributed by atoms with E-state index >= 15 is 0 Å². The van der Waals surface area contributed by atoms with E-state index in [2.05, 4.69) is 22.3 Å². The normalized spacial score (nSPS) is 18.3. The Morgan fingerprint density at radius 1 is 1.22 bits per heavy atom. The molecule has 0 spiro atoms. The predicted octanol–water partition coefficient (Wildman–Crippen LogP) is 3.23. The van der Waals surface area contributed by atoms with E-state index in [1.54, 1.807) is 19.2 Å². The highest BCUT2D eigenvalue weighted by molar-refractivity contribution is 5.88. The number of anilines is 1. The minimum Gasteiger partial charge on any atom is -0.478 e. The molecule has 0 saturated carbocycles. The molecule has 27 heavy (non-hydrogen) atoms.